The Labute approximate surface area is 129 Å². The van der Waals surface area contributed by atoms with Crippen molar-refractivity contribution in [2.24, 2.45) is 5.92 Å². The highest BCUT2D eigenvalue weighted by atomic mass is 16.3. The molecule has 1 fully saturated rings. The van der Waals surface area contributed by atoms with Crippen LogP contribution >= 0.6 is 0 Å². The highest BCUT2D eigenvalue weighted by Crippen LogP contribution is 2.25. The lowest BCUT2D eigenvalue weighted by molar-refractivity contribution is -0.0198. The van der Waals surface area contributed by atoms with Gasteiger partial charge in [0.05, 0.1) is 5.60 Å². The molecular weight excluding hydrogens is 260 g/mol. The Morgan fingerprint density at radius 2 is 1.76 bits per heavy atom. The molecule has 0 aromatic heterocycles. The fourth-order valence-electron chi connectivity index (χ4n) is 2.86. The van der Waals surface area contributed by atoms with E-state index in [-0.39, 0.29) is 5.92 Å². The van der Waals surface area contributed by atoms with Crippen LogP contribution in [0.2, 0.25) is 0 Å². The summed E-state index contributed by atoms with van der Waals surface area (Å²) in [6, 6.07) is 6.55. The first-order valence-electron chi connectivity index (χ1n) is 8.07. The fourth-order valence-corrected chi connectivity index (χ4v) is 2.86. The zero-order chi connectivity index (χ0) is 15.6. The summed E-state index contributed by atoms with van der Waals surface area (Å²) in [5.41, 5.74) is 3.52. The Balaban J connectivity index is 1.96. The molecule has 1 saturated heterocycles. The van der Waals surface area contributed by atoms with Gasteiger partial charge in [-0.05, 0) is 43.9 Å². The van der Waals surface area contributed by atoms with Crippen LogP contribution < -0.4 is 4.90 Å². The van der Waals surface area contributed by atoms with Crippen LogP contribution in [-0.2, 0) is 0 Å². The molecule has 3 heteroatoms. The second-order valence-corrected chi connectivity index (χ2v) is 6.99. The maximum absolute atomic E-state index is 10.5. The lowest BCUT2D eigenvalue weighted by Crippen LogP contribution is -2.52. The molecule has 0 saturated carbocycles. The Kier molecular flexibility index (Phi) is 4.95. The Bertz CT molecular complexity index is 474. The molecule has 1 aromatic rings. The van der Waals surface area contributed by atoms with Crippen LogP contribution in [0.25, 0.3) is 0 Å². The van der Waals surface area contributed by atoms with E-state index >= 15 is 0 Å². The van der Waals surface area contributed by atoms with Gasteiger partial charge < -0.3 is 10.0 Å². The SMILES string of the molecule is Cc1cccc(N2CCN(CC(C)(O)C(C)C)CC2)c1C. The fraction of sp³-hybridized carbons (Fsp3) is 0.667. The summed E-state index contributed by atoms with van der Waals surface area (Å²) in [7, 11) is 0. The van der Waals surface area contributed by atoms with Gasteiger partial charge in [0.15, 0.2) is 0 Å². The van der Waals surface area contributed by atoms with Crippen molar-refractivity contribution >= 4 is 5.69 Å². The van der Waals surface area contributed by atoms with Gasteiger partial charge in [-0.1, -0.05) is 26.0 Å². The van der Waals surface area contributed by atoms with Crippen LogP contribution in [0.1, 0.15) is 31.9 Å². The van der Waals surface area contributed by atoms with E-state index in [1.165, 1.54) is 16.8 Å². The summed E-state index contributed by atoms with van der Waals surface area (Å²) < 4.78 is 0. The molecular formula is C18H30N2O. The van der Waals surface area contributed by atoms with Crippen molar-refractivity contribution in [2.75, 3.05) is 37.6 Å². The van der Waals surface area contributed by atoms with E-state index in [2.05, 4.69) is 55.7 Å². The van der Waals surface area contributed by atoms with Crippen molar-refractivity contribution < 1.29 is 5.11 Å². The first kappa shape index (κ1) is 16.3. The van der Waals surface area contributed by atoms with Crippen LogP contribution in [0.3, 0.4) is 0 Å². The molecule has 2 rings (SSSR count). The monoisotopic (exact) mass is 290 g/mol. The Hall–Kier alpha value is -1.06. The van der Waals surface area contributed by atoms with E-state index in [0.29, 0.717) is 0 Å². The molecule has 1 unspecified atom stereocenters. The molecule has 1 atom stereocenters. The third kappa shape index (κ3) is 3.78. The van der Waals surface area contributed by atoms with Crippen LogP contribution in [0.15, 0.2) is 18.2 Å². The van der Waals surface area contributed by atoms with Gasteiger partial charge in [0, 0.05) is 38.4 Å². The van der Waals surface area contributed by atoms with E-state index in [1.807, 2.05) is 6.92 Å². The molecule has 1 N–H and O–H groups in total. The lowest BCUT2D eigenvalue weighted by Gasteiger charge is -2.41. The second-order valence-electron chi connectivity index (χ2n) is 6.99. The van der Waals surface area contributed by atoms with E-state index in [4.69, 9.17) is 0 Å². The van der Waals surface area contributed by atoms with Crippen LogP contribution in [0.4, 0.5) is 5.69 Å². The van der Waals surface area contributed by atoms with E-state index in [9.17, 15) is 5.11 Å². The van der Waals surface area contributed by atoms with Gasteiger partial charge in [0.2, 0.25) is 0 Å². The maximum atomic E-state index is 10.5. The number of hydrogen-bond acceptors (Lipinski definition) is 3. The van der Waals surface area contributed by atoms with Gasteiger partial charge in [-0.3, -0.25) is 4.90 Å². The van der Waals surface area contributed by atoms with Crippen molar-refractivity contribution in [3.05, 3.63) is 29.3 Å². The average Bonchev–Trinajstić information content (AvgIpc) is 2.42. The van der Waals surface area contributed by atoms with E-state index in [0.717, 1.165) is 32.7 Å². The van der Waals surface area contributed by atoms with Crippen molar-refractivity contribution in [1.82, 2.24) is 4.90 Å². The van der Waals surface area contributed by atoms with Gasteiger partial charge in [-0.15, -0.1) is 0 Å². The van der Waals surface area contributed by atoms with Crippen LogP contribution in [-0.4, -0.2) is 48.3 Å². The van der Waals surface area contributed by atoms with Crippen molar-refractivity contribution in [3.63, 3.8) is 0 Å². The number of hydrogen-bond donors (Lipinski definition) is 1. The molecule has 3 nitrogen and oxygen atoms in total. The topological polar surface area (TPSA) is 26.7 Å². The minimum absolute atomic E-state index is 0.287. The Morgan fingerprint density at radius 1 is 1.14 bits per heavy atom. The summed E-state index contributed by atoms with van der Waals surface area (Å²) in [5, 5.41) is 10.5. The lowest BCUT2D eigenvalue weighted by atomic mass is 9.92. The number of aliphatic hydroxyl groups is 1. The molecule has 0 spiro atoms. The number of benzene rings is 1. The molecule has 118 valence electrons. The summed E-state index contributed by atoms with van der Waals surface area (Å²) in [6.45, 7) is 15.4. The quantitative estimate of drug-likeness (QED) is 0.924. The van der Waals surface area contributed by atoms with Crippen molar-refractivity contribution in [2.45, 2.75) is 40.2 Å². The normalized spacial score (nSPS) is 19.9. The third-order valence-corrected chi connectivity index (χ3v) is 5.08. The minimum atomic E-state index is -0.596. The van der Waals surface area contributed by atoms with Gasteiger partial charge >= 0.3 is 0 Å². The number of aryl methyl sites for hydroxylation is 1. The van der Waals surface area contributed by atoms with Gasteiger partial charge in [-0.25, -0.2) is 0 Å². The van der Waals surface area contributed by atoms with Crippen molar-refractivity contribution in [3.8, 4) is 0 Å². The molecule has 1 aliphatic rings. The number of rotatable bonds is 4. The van der Waals surface area contributed by atoms with Gasteiger partial charge in [-0.2, -0.15) is 0 Å². The molecule has 1 heterocycles. The third-order valence-electron chi connectivity index (χ3n) is 5.08. The summed E-state index contributed by atoms with van der Waals surface area (Å²) >= 11 is 0. The maximum Gasteiger partial charge on any atom is 0.0768 e. The molecule has 0 aliphatic carbocycles. The standard InChI is InChI=1S/C18H30N2O/c1-14(2)18(5,21)13-19-9-11-20(12-10-19)17-8-6-7-15(3)16(17)4/h6-8,14,21H,9-13H2,1-5H3. The zero-order valence-electron chi connectivity index (χ0n) is 14.2. The second kappa shape index (κ2) is 6.37. The highest BCUT2D eigenvalue weighted by Gasteiger charge is 2.29. The van der Waals surface area contributed by atoms with Gasteiger partial charge in [0.25, 0.3) is 0 Å². The average molecular weight is 290 g/mol. The van der Waals surface area contributed by atoms with E-state index < -0.39 is 5.60 Å². The molecule has 0 radical (unpaired) electrons. The Morgan fingerprint density at radius 3 is 2.33 bits per heavy atom. The zero-order valence-corrected chi connectivity index (χ0v) is 14.2. The van der Waals surface area contributed by atoms with E-state index in [1.54, 1.807) is 0 Å². The predicted molar refractivity (Wildman–Crippen MR) is 90.0 cm³/mol. The molecule has 1 aliphatic heterocycles. The first-order chi connectivity index (χ1) is 9.81. The van der Waals surface area contributed by atoms with Crippen molar-refractivity contribution in [1.29, 1.82) is 0 Å². The largest absolute Gasteiger partial charge is 0.389 e. The molecule has 0 amide bonds. The van der Waals surface area contributed by atoms with Crippen LogP contribution in [0.5, 0.6) is 0 Å². The summed E-state index contributed by atoms with van der Waals surface area (Å²) in [5.74, 6) is 0.287. The number of anilines is 1. The minimum Gasteiger partial charge on any atom is -0.389 e. The predicted octanol–water partition coefficient (Wildman–Crippen LogP) is 2.83. The number of nitrogens with zero attached hydrogens (tertiary/aromatic N) is 2. The smallest absolute Gasteiger partial charge is 0.0768 e. The number of piperazine rings is 1. The summed E-state index contributed by atoms with van der Waals surface area (Å²) in [4.78, 5) is 4.87. The van der Waals surface area contributed by atoms with Gasteiger partial charge in [0.1, 0.15) is 0 Å². The first-order valence-corrected chi connectivity index (χ1v) is 8.07. The summed E-state index contributed by atoms with van der Waals surface area (Å²) in [6.07, 6.45) is 0. The highest BCUT2D eigenvalue weighted by molar-refractivity contribution is 5.56. The molecule has 1 aromatic carbocycles. The molecule has 21 heavy (non-hydrogen) atoms. The number of β-amino-alcohol motifs (C(OH)–C–C–N with tert-alkyl or cyclic N) is 1. The van der Waals surface area contributed by atoms with Crippen LogP contribution in [0, 0.1) is 19.8 Å². The molecule has 0 bridgehead atoms.